The molecule has 0 spiro atoms. The lowest BCUT2D eigenvalue weighted by Crippen LogP contribution is -2.28. The molecule has 0 aliphatic carbocycles. The van der Waals surface area contributed by atoms with E-state index in [9.17, 15) is 0 Å². The Morgan fingerprint density at radius 2 is 2.19 bits per heavy atom. The Bertz CT molecular complexity index is 293. The number of hydrogen-bond donors (Lipinski definition) is 1. The molecule has 0 unspecified atom stereocenters. The van der Waals surface area contributed by atoms with Crippen molar-refractivity contribution in [1.82, 2.24) is 5.32 Å². The van der Waals surface area contributed by atoms with E-state index >= 15 is 0 Å². The molecule has 0 saturated carbocycles. The number of benzene rings is 1. The molecule has 0 bridgehead atoms. The molecule has 88 valence electrons. The first-order valence-electron chi connectivity index (χ1n) is 6.19. The summed E-state index contributed by atoms with van der Waals surface area (Å²) in [5.74, 6) is 0.762. The fourth-order valence-electron chi connectivity index (χ4n) is 2.24. The maximum Gasteiger partial charge on any atom is 0.0495 e. The Morgan fingerprint density at radius 3 is 2.88 bits per heavy atom. The van der Waals surface area contributed by atoms with Crippen LogP contribution in [-0.4, -0.2) is 19.3 Å². The Morgan fingerprint density at radius 1 is 1.38 bits per heavy atom. The molecule has 2 atom stereocenters. The van der Waals surface area contributed by atoms with E-state index in [1.54, 1.807) is 0 Å². The van der Waals surface area contributed by atoms with Crippen LogP contribution in [-0.2, 0) is 11.3 Å². The van der Waals surface area contributed by atoms with Crippen LogP contribution in [0.3, 0.4) is 0 Å². The fraction of sp³-hybridized carbons (Fsp3) is 0.571. The summed E-state index contributed by atoms with van der Waals surface area (Å²) in [5, 5.41) is 3.57. The van der Waals surface area contributed by atoms with Gasteiger partial charge in [0.1, 0.15) is 0 Å². The van der Waals surface area contributed by atoms with E-state index in [1.807, 2.05) is 0 Å². The van der Waals surface area contributed by atoms with E-state index in [2.05, 4.69) is 42.6 Å². The molecular formula is C14H21NO. The summed E-state index contributed by atoms with van der Waals surface area (Å²) >= 11 is 0. The summed E-state index contributed by atoms with van der Waals surface area (Å²) in [6.07, 6.45) is 2.46. The molecule has 0 aromatic heterocycles. The third-order valence-corrected chi connectivity index (χ3v) is 3.21. The molecule has 2 rings (SSSR count). The molecule has 1 N–H and O–H groups in total. The number of nitrogens with one attached hydrogen (secondary N) is 1. The lowest BCUT2D eigenvalue weighted by Gasteiger charge is -2.17. The van der Waals surface area contributed by atoms with Gasteiger partial charge in [0, 0.05) is 25.8 Å². The van der Waals surface area contributed by atoms with Gasteiger partial charge in [0.25, 0.3) is 0 Å². The van der Waals surface area contributed by atoms with Crippen LogP contribution in [0, 0.1) is 5.92 Å². The second-order valence-corrected chi connectivity index (χ2v) is 4.73. The van der Waals surface area contributed by atoms with Gasteiger partial charge in [0.15, 0.2) is 0 Å². The topological polar surface area (TPSA) is 21.3 Å². The van der Waals surface area contributed by atoms with Gasteiger partial charge >= 0.3 is 0 Å². The third kappa shape index (κ3) is 3.62. The summed E-state index contributed by atoms with van der Waals surface area (Å²) in [4.78, 5) is 0. The minimum absolute atomic E-state index is 0.576. The Kier molecular flexibility index (Phi) is 4.37. The molecular weight excluding hydrogens is 198 g/mol. The molecule has 0 radical (unpaired) electrons. The lowest BCUT2D eigenvalue weighted by molar-refractivity contribution is 0.182. The Balaban J connectivity index is 1.69. The lowest BCUT2D eigenvalue weighted by atomic mass is 10.00. The molecule has 1 aliphatic rings. The van der Waals surface area contributed by atoms with Crippen molar-refractivity contribution in [2.75, 3.05) is 13.2 Å². The fourth-order valence-corrected chi connectivity index (χ4v) is 2.24. The second-order valence-electron chi connectivity index (χ2n) is 4.73. The van der Waals surface area contributed by atoms with Crippen molar-refractivity contribution in [3.8, 4) is 0 Å². The zero-order valence-corrected chi connectivity index (χ0v) is 9.99. The van der Waals surface area contributed by atoms with Gasteiger partial charge in [0.05, 0.1) is 0 Å². The van der Waals surface area contributed by atoms with Crippen molar-refractivity contribution < 1.29 is 4.74 Å². The van der Waals surface area contributed by atoms with Crippen molar-refractivity contribution in [2.45, 2.75) is 32.4 Å². The molecule has 16 heavy (non-hydrogen) atoms. The van der Waals surface area contributed by atoms with Gasteiger partial charge in [-0.2, -0.15) is 0 Å². The third-order valence-electron chi connectivity index (χ3n) is 3.21. The number of rotatable bonds is 5. The maximum atomic E-state index is 5.39. The largest absolute Gasteiger partial charge is 0.381 e. The highest BCUT2D eigenvalue weighted by atomic mass is 16.5. The molecule has 1 saturated heterocycles. The molecule has 1 fully saturated rings. The van der Waals surface area contributed by atoms with E-state index < -0.39 is 0 Å². The van der Waals surface area contributed by atoms with Gasteiger partial charge in [0.2, 0.25) is 0 Å². The predicted octanol–water partition coefficient (Wildman–Crippen LogP) is 2.59. The summed E-state index contributed by atoms with van der Waals surface area (Å²) < 4.78 is 5.39. The van der Waals surface area contributed by atoms with E-state index in [0.717, 1.165) is 25.7 Å². The first kappa shape index (κ1) is 11.6. The molecule has 1 heterocycles. The summed E-state index contributed by atoms with van der Waals surface area (Å²) in [7, 11) is 0. The molecule has 0 amide bonds. The van der Waals surface area contributed by atoms with Gasteiger partial charge in [-0.25, -0.2) is 0 Å². The second kappa shape index (κ2) is 6.02. The monoisotopic (exact) mass is 219 g/mol. The maximum absolute atomic E-state index is 5.39. The highest BCUT2D eigenvalue weighted by Crippen LogP contribution is 2.18. The molecule has 1 aliphatic heterocycles. The van der Waals surface area contributed by atoms with Crippen LogP contribution < -0.4 is 5.32 Å². The van der Waals surface area contributed by atoms with E-state index in [0.29, 0.717) is 6.04 Å². The van der Waals surface area contributed by atoms with Crippen molar-refractivity contribution in [1.29, 1.82) is 0 Å². The normalized spacial score (nSPS) is 22.2. The van der Waals surface area contributed by atoms with Crippen LogP contribution in [0.4, 0.5) is 0 Å². The Labute approximate surface area is 98.0 Å². The minimum Gasteiger partial charge on any atom is -0.381 e. The van der Waals surface area contributed by atoms with Crippen LogP contribution in [0.2, 0.25) is 0 Å². The first-order valence-corrected chi connectivity index (χ1v) is 6.19. The number of ether oxygens (including phenoxy) is 1. The van der Waals surface area contributed by atoms with Crippen molar-refractivity contribution in [3.05, 3.63) is 35.9 Å². The van der Waals surface area contributed by atoms with Crippen molar-refractivity contribution in [2.24, 2.45) is 5.92 Å². The molecule has 2 heteroatoms. The molecule has 2 nitrogen and oxygen atoms in total. The number of hydrogen-bond acceptors (Lipinski definition) is 2. The average Bonchev–Trinajstić information content (AvgIpc) is 2.81. The van der Waals surface area contributed by atoms with Crippen LogP contribution in [0.5, 0.6) is 0 Å². The Hall–Kier alpha value is -0.860. The SMILES string of the molecule is C[C@H](C[C@H]1CCOC1)NCc1ccccc1. The molecule has 1 aromatic rings. The van der Waals surface area contributed by atoms with E-state index in [-0.39, 0.29) is 0 Å². The summed E-state index contributed by atoms with van der Waals surface area (Å²) in [5.41, 5.74) is 1.36. The summed E-state index contributed by atoms with van der Waals surface area (Å²) in [6.45, 7) is 5.14. The first-order chi connectivity index (χ1) is 7.84. The van der Waals surface area contributed by atoms with Crippen molar-refractivity contribution in [3.63, 3.8) is 0 Å². The minimum atomic E-state index is 0.576. The smallest absolute Gasteiger partial charge is 0.0495 e. The van der Waals surface area contributed by atoms with E-state index in [4.69, 9.17) is 4.74 Å². The summed E-state index contributed by atoms with van der Waals surface area (Å²) in [6, 6.07) is 11.1. The van der Waals surface area contributed by atoms with Crippen LogP contribution in [0.1, 0.15) is 25.3 Å². The zero-order chi connectivity index (χ0) is 11.2. The van der Waals surface area contributed by atoms with Crippen molar-refractivity contribution >= 4 is 0 Å². The van der Waals surface area contributed by atoms with Gasteiger partial charge < -0.3 is 10.1 Å². The van der Waals surface area contributed by atoms with Crippen LogP contribution in [0.15, 0.2) is 30.3 Å². The van der Waals surface area contributed by atoms with E-state index in [1.165, 1.54) is 18.4 Å². The van der Waals surface area contributed by atoms with Gasteiger partial charge in [-0.1, -0.05) is 30.3 Å². The highest BCUT2D eigenvalue weighted by molar-refractivity contribution is 5.14. The predicted molar refractivity (Wildman–Crippen MR) is 66.3 cm³/mol. The quantitative estimate of drug-likeness (QED) is 0.822. The van der Waals surface area contributed by atoms with Gasteiger partial charge in [-0.05, 0) is 31.2 Å². The van der Waals surface area contributed by atoms with Gasteiger partial charge in [-0.15, -0.1) is 0 Å². The molecule has 1 aromatic carbocycles. The standard InChI is InChI=1S/C14H21NO/c1-12(9-14-7-8-16-11-14)15-10-13-5-3-2-4-6-13/h2-6,12,14-15H,7-11H2,1H3/t12-,14-/m1/s1. The van der Waals surface area contributed by atoms with Gasteiger partial charge in [-0.3, -0.25) is 0 Å². The van der Waals surface area contributed by atoms with Crippen LogP contribution >= 0.6 is 0 Å². The zero-order valence-electron chi connectivity index (χ0n) is 9.99. The van der Waals surface area contributed by atoms with Crippen LogP contribution in [0.25, 0.3) is 0 Å². The highest BCUT2D eigenvalue weighted by Gasteiger charge is 2.17. The average molecular weight is 219 g/mol.